The normalized spacial score (nSPS) is 16.6. The zero-order valence-corrected chi connectivity index (χ0v) is 14.7. The van der Waals surface area contributed by atoms with Crippen LogP contribution in [0.3, 0.4) is 0 Å². The van der Waals surface area contributed by atoms with E-state index in [0.29, 0.717) is 12.8 Å². The first-order valence-corrected chi connectivity index (χ1v) is 9.26. The summed E-state index contributed by atoms with van der Waals surface area (Å²) in [5, 5.41) is 11.5. The van der Waals surface area contributed by atoms with Crippen LogP contribution < -0.4 is 5.32 Å². The first kappa shape index (κ1) is 16.2. The highest BCUT2D eigenvalue weighted by Gasteiger charge is 2.36. The molecule has 0 unspecified atom stereocenters. The van der Waals surface area contributed by atoms with E-state index in [4.69, 9.17) is 4.52 Å². The third kappa shape index (κ3) is 3.50. The molecule has 0 aliphatic heterocycles. The fraction of sp³-hybridized carbons (Fsp3) is 0.556. The molecule has 0 bridgehead atoms. The lowest BCUT2D eigenvalue weighted by molar-refractivity contribution is -0.121. The largest absolute Gasteiger partial charge is 0.361 e. The topological polar surface area (TPSA) is 55.1 Å². The van der Waals surface area contributed by atoms with Crippen molar-refractivity contribution < 1.29 is 9.32 Å². The number of carbonyl (C=O) groups excluding carboxylic acids is 1. The Kier molecular flexibility index (Phi) is 4.85. The lowest BCUT2D eigenvalue weighted by Gasteiger charge is -2.28. The van der Waals surface area contributed by atoms with Gasteiger partial charge in [0.15, 0.2) is 0 Å². The molecule has 1 aliphatic rings. The summed E-state index contributed by atoms with van der Waals surface area (Å²) in [4.78, 5) is 12.3. The van der Waals surface area contributed by atoms with E-state index in [1.165, 1.54) is 31.2 Å². The summed E-state index contributed by atoms with van der Waals surface area (Å²) in [6.07, 6.45) is 6.04. The van der Waals surface area contributed by atoms with E-state index in [0.717, 1.165) is 23.6 Å². The Labute approximate surface area is 141 Å². The second-order valence-electron chi connectivity index (χ2n) is 6.58. The first-order chi connectivity index (χ1) is 11.1. The van der Waals surface area contributed by atoms with E-state index in [-0.39, 0.29) is 11.3 Å². The zero-order chi connectivity index (χ0) is 16.3. The Morgan fingerprint density at radius 1 is 1.39 bits per heavy atom. The number of hydrogen-bond donors (Lipinski definition) is 1. The Morgan fingerprint density at radius 2 is 2.17 bits per heavy atom. The highest BCUT2D eigenvalue weighted by Crippen LogP contribution is 2.41. The van der Waals surface area contributed by atoms with Crippen molar-refractivity contribution in [3.8, 4) is 0 Å². The van der Waals surface area contributed by atoms with E-state index in [9.17, 15) is 4.79 Å². The lowest BCUT2D eigenvalue weighted by atomic mass is 9.80. The minimum absolute atomic E-state index is 0.117. The van der Waals surface area contributed by atoms with Gasteiger partial charge in [0.1, 0.15) is 5.76 Å². The van der Waals surface area contributed by atoms with Crippen LogP contribution in [-0.4, -0.2) is 17.6 Å². The molecule has 1 N–H and O–H groups in total. The van der Waals surface area contributed by atoms with Crippen LogP contribution in [0.4, 0.5) is 0 Å². The molecular weight excluding hydrogens is 308 g/mol. The third-order valence-electron chi connectivity index (χ3n) is 5.10. The number of carbonyl (C=O) groups is 1. The maximum absolute atomic E-state index is 12.3. The molecule has 1 fully saturated rings. The van der Waals surface area contributed by atoms with Crippen LogP contribution in [0.1, 0.15) is 54.7 Å². The van der Waals surface area contributed by atoms with E-state index in [1.807, 2.05) is 13.8 Å². The highest BCUT2D eigenvalue weighted by atomic mass is 32.1. The molecule has 1 saturated carbocycles. The Balaban J connectivity index is 1.56. The molecule has 0 radical (unpaired) electrons. The van der Waals surface area contributed by atoms with Crippen LogP contribution >= 0.6 is 11.3 Å². The van der Waals surface area contributed by atoms with Crippen molar-refractivity contribution in [3.05, 3.63) is 39.4 Å². The fourth-order valence-electron chi connectivity index (χ4n) is 3.64. The minimum atomic E-state index is 0.117. The fourth-order valence-corrected chi connectivity index (χ4v) is 4.42. The number of nitrogens with zero attached hydrogens (tertiary/aromatic N) is 1. The average molecular weight is 332 g/mol. The number of amides is 1. The van der Waals surface area contributed by atoms with Gasteiger partial charge in [0, 0.05) is 23.9 Å². The smallest absolute Gasteiger partial charge is 0.220 e. The molecule has 2 heterocycles. The number of aryl methyl sites for hydroxylation is 2. The second kappa shape index (κ2) is 6.87. The van der Waals surface area contributed by atoms with Gasteiger partial charge in [-0.15, -0.1) is 0 Å². The number of aromatic nitrogens is 1. The molecule has 4 nitrogen and oxygen atoms in total. The molecule has 5 heteroatoms. The van der Waals surface area contributed by atoms with Crippen molar-refractivity contribution in [1.82, 2.24) is 10.5 Å². The van der Waals surface area contributed by atoms with E-state index in [1.54, 1.807) is 11.3 Å². The standard InChI is InChI=1S/C18H24N2O2S/c1-13-16(14(2)22-20-13)5-6-17(21)19-12-18(8-3-4-9-18)15-7-10-23-11-15/h7,10-11H,3-6,8-9,12H2,1-2H3,(H,19,21). The summed E-state index contributed by atoms with van der Waals surface area (Å²) < 4.78 is 5.15. The van der Waals surface area contributed by atoms with Crippen LogP contribution in [0.5, 0.6) is 0 Å². The highest BCUT2D eigenvalue weighted by molar-refractivity contribution is 7.08. The Hall–Kier alpha value is -1.62. The summed E-state index contributed by atoms with van der Waals surface area (Å²) in [6, 6.07) is 2.21. The van der Waals surface area contributed by atoms with Crippen molar-refractivity contribution >= 4 is 17.2 Å². The van der Waals surface area contributed by atoms with Crippen molar-refractivity contribution in [2.45, 2.75) is 57.8 Å². The van der Waals surface area contributed by atoms with Gasteiger partial charge in [0.2, 0.25) is 5.91 Å². The summed E-state index contributed by atoms with van der Waals surface area (Å²) in [5.41, 5.74) is 3.50. The van der Waals surface area contributed by atoms with E-state index in [2.05, 4.69) is 27.3 Å². The Morgan fingerprint density at radius 3 is 2.78 bits per heavy atom. The number of nitrogens with one attached hydrogen (secondary N) is 1. The van der Waals surface area contributed by atoms with Gasteiger partial charge >= 0.3 is 0 Å². The predicted octanol–water partition coefficient (Wildman–Crippen LogP) is 3.91. The summed E-state index contributed by atoms with van der Waals surface area (Å²) >= 11 is 1.74. The van der Waals surface area contributed by atoms with Gasteiger partial charge in [0.05, 0.1) is 5.69 Å². The molecule has 2 aromatic heterocycles. The quantitative estimate of drug-likeness (QED) is 0.872. The van der Waals surface area contributed by atoms with Crippen molar-refractivity contribution in [3.63, 3.8) is 0 Å². The molecule has 0 atom stereocenters. The second-order valence-corrected chi connectivity index (χ2v) is 7.36. The third-order valence-corrected chi connectivity index (χ3v) is 5.78. The molecule has 2 aromatic rings. The van der Waals surface area contributed by atoms with Gasteiger partial charge in [-0.1, -0.05) is 18.0 Å². The van der Waals surface area contributed by atoms with Gasteiger partial charge in [-0.25, -0.2) is 0 Å². The monoisotopic (exact) mass is 332 g/mol. The maximum Gasteiger partial charge on any atom is 0.220 e. The molecule has 1 amide bonds. The van der Waals surface area contributed by atoms with Crippen molar-refractivity contribution in [1.29, 1.82) is 0 Å². The molecule has 3 rings (SSSR count). The van der Waals surface area contributed by atoms with Crippen molar-refractivity contribution in [2.24, 2.45) is 0 Å². The SMILES string of the molecule is Cc1noc(C)c1CCC(=O)NCC1(c2ccsc2)CCCC1. The van der Waals surface area contributed by atoms with Gasteiger partial charge in [-0.05, 0) is 55.5 Å². The van der Waals surface area contributed by atoms with Crippen LogP contribution in [0, 0.1) is 13.8 Å². The molecule has 1 aliphatic carbocycles. The number of thiophene rings is 1. The van der Waals surface area contributed by atoms with Gasteiger partial charge in [-0.2, -0.15) is 11.3 Å². The molecule has 124 valence electrons. The van der Waals surface area contributed by atoms with E-state index >= 15 is 0 Å². The summed E-state index contributed by atoms with van der Waals surface area (Å²) in [6.45, 7) is 4.58. The average Bonchev–Trinajstić information content (AvgIpc) is 3.26. The molecule has 0 saturated heterocycles. The van der Waals surface area contributed by atoms with Crippen LogP contribution in [-0.2, 0) is 16.6 Å². The first-order valence-electron chi connectivity index (χ1n) is 8.32. The van der Waals surface area contributed by atoms with Crippen LogP contribution in [0.2, 0.25) is 0 Å². The molecule has 23 heavy (non-hydrogen) atoms. The van der Waals surface area contributed by atoms with Crippen molar-refractivity contribution in [2.75, 3.05) is 6.54 Å². The summed E-state index contributed by atoms with van der Waals surface area (Å²) in [5.74, 6) is 0.937. The molecular formula is C18H24N2O2S. The number of hydrogen-bond acceptors (Lipinski definition) is 4. The lowest BCUT2D eigenvalue weighted by Crippen LogP contribution is -2.38. The molecule has 0 spiro atoms. The van der Waals surface area contributed by atoms with Gasteiger partial charge in [0.25, 0.3) is 0 Å². The number of rotatable bonds is 6. The van der Waals surface area contributed by atoms with Crippen LogP contribution in [0.25, 0.3) is 0 Å². The summed E-state index contributed by atoms with van der Waals surface area (Å²) in [7, 11) is 0. The van der Waals surface area contributed by atoms with Gasteiger partial charge in [-0.3, -0.25) is 4.79 Å². The predicted molar refractivity (Wildman–Crippen MR) is 91.8 cm³/mol. The zero-order valence-electron chi connectivity index (χ0n) is 13.9. The van der Waals surface area contributed by atoms with Gasteiger partial charge < -0.3 is 9.84 Å². The Bertz CT molecular complexity index is 635. The maximum atomic E-state index is 12.3. The molecule has 0 aromatic carbocycles. The minimum Gasteiger partial charge on any atom is -0.361 e. The van der Waals surface area contributed by atoms with Crippen LogP contribution in [0.15, 0.2) is 21.3 Å². The van der Waals surface area contributed by atoms with E-state index < -0.39 is 0 Å².